The predicted octanol–water partition coefficient (Wildman–Crippen LogP) is 3.23. The topological polar surface area (TPSA) is 28.7 Å². The van der Waals surface area contributed by atoms with Gasteiger partial charge in [-0.15, -0.1) is 0 Å². The SMILES string of the molecule is CC(C)(C)c1[nH]nc(Br)c1Br. The summed E-state index contributed by atoms with van der Waals surface area (Å²) in [7, 11) is 0. The number of nitrogens with one attached hydrogen (secondary N) is 1. The smallest absolute Gasteiger partial charge is 0.142 e. The number of H-pyrrole nitrogens is 1. The fraction of sp³-hybridized carbons (Fsp3) is 0.571. The number of halogens is 2. The van der Waals surface area contributed by atoms with Gasteiger partial charge >= 0.3 is 0 Å². The number of aromatic amines is 1. The van der Waals surface area contributed by atoms with Crippen LogP contribution in [0.1, 0.15) is 26.5 Å². The van der Waals surface area contributed by atoms with E-state index in [-0.39, 0.29) is 5.41 Å². The molecule has 0 aliphatic rings. The van der Waals surface area contributed by atoms with Crippen LogP contribution >= 0.6 is 31.9 Å². The van der Waals surface area contributed by atoms with Gasteiger partial charge < -0.3 is 0 Å². The van der Waals surface area contributed by atoms with Crippen molar-refractivity contribution >= 4 is 31.9 Å². The van der Waals surface area contributed by atoms with Crippen LogP contribution in [0.4, 0.5) is 0 Å². The Labute approximate surface area is 83.0 Å². The van der Waals surface area contributed by atoms with Gasteiger partial charge in [0.15, 0.2) is 0 Å². The molecule has 0 amide bonds. The van der Waals surface area contributed by atoms with Gasteiger partial charge in [0, 0.05) is 5.41 Å². The van der Waals surface area contributed by atoms with Crippen LogP contribution in [0, 0.1) is 0 Å². The Kier molecular flexibility index (Phi) is 2.44. The normalized spacial score (nSPS) is 12.1. The maximum atomic E-state index is 4.03. The molecule has 0 unspecified atom stereocenters. The lowest BCUT2D eigenvalue weighted by Crippen LogP contribution is -2.12. The minimum Gasteiger partial charge on any atom is -0.280 e. The molecule has 0 atom stereocenters. The summed E-state index contributed by atoms with van der Waals surface area (Å²) < 4.78 is 1.85. The van der Waals surface area contributed by atoms with E-state index in [1.807, 2.05) is 0 Å². The molecule has 62 valence electrons. The van der Waals surface area contributed by atoms with Crippen LogP contribution in [-0.4, -0.2) is 10.2 Å². The second-order valence-corrected chi connectivity index (χ2v) is 5.00. The highest BCUT2D eigenvalue weighted by molar-refractivity contribution is 9.13. The Balaban J connectivity index is 3.15. The molecule has 0 bridgehead atoms. The van der Waals surface area contributed by atoms with Gasteiger partial charge in [-0.2, -0.15) is 5.10 Å². The first kappa shape index (κ1) is 9.26. The van der Waals surface area contributed by atoms with Gasteiger partial charge in [0.05, 0.1) is 10.2 Å². The van der Waals surface area contributed by atoms with E-state index in [1.54, 1.807) is 0 Å². The second-order valence-electron chi connectivity index (χ2n) is 3.45. The van der Waals surface area contributed by atoms with Crippen LogP contribution in [0.25, 0.3) is 0 Å². The molecule has 1 heterocycles. The van der Waals surface area contributed by atoms with Crippen molar-refractivity contribution in [2.24, 2.45) is 0 Å². The Morgan fingerprint density at radius 2 is 1.82 bits per heavy atom. The van der Waals surface area contributed by atoms with Gasteiger partial charge in [-0.05, 0) is 31.9 Å². The van der Waals surface area contributed by atoms with Gasteiger partial charge in [0.25, 0.3) is 0 Å². The molecular formula is C7H10Br2N2. The summed E-state index contributed by atoms with van der Waals surface area (Å²) in [6.45, 7) is 6.41. The van der Waals surface area contributed by atoms with Gasteiger partial charge in [-0.25, -0.2) is 0 Å². The maximum Gasteiger partial charge on any atom is 0.142 e. The summed E-state index contributed by atoms with van der Waals surface area (Å²) in [5, 5.41) is 7.00. The molecule has 0 fully saturated rings. The van der Waals surface area contributed by atoms with Crippen LogP contribution in [0.3, 0.4) is 0 Å². The molecule has 4 heteroatoms. The minimum absolute atomic E-state index is 0.109. The maximum absolute atomic E-state index is 4.03. The van der Waals surface area contributed by atoms with Crippen LogP contribution in [-0.2, 0) is 5.41 Å². The lowest BCUT2D eigenvalue weighted by molar-refractivity contribution is 0.564. The quantitative estimate of drug-likeness (QED) is 0.777. The second kappa shape index (κ2) is 2.90. The Bertz CT molecular complexity index is 260. The lowest BCUT2D eigenvalue weighted by Gasteiger charge is -2.16. The van der Waals surface area contributed by atoms with E-state index in [1.165, 1.54) is 0 Å². The summed E-state index contributed by atoms with van der Waals surface area (Å²) in [5.74, 6) is 0. The largest absolute Gasteiger partial charge is 0.280 e. The molecule has 1 N–H and O–H groups in total. The van der Waals surface area contributed by atoms with E-state index in [4.69, 9.17) is 0 Å². The molecule has 11 heavy (non-hydrogen) atoms. The minimum atomic E-state index is 0.109. The highest BCUT2D eigenvalue weighted by atomic mass is 79.9. The highest BCUT2D eigenvalue weighted by Gasteiger charge is 2.20. The lowest BCUT2D eigenvalue weighted by atomic mass is 9.93. The third kappa shape index (κ3) is 1.85. The molecule has 0 aliphatic carbocycles. The number of hydrogen-bond donors (Lipinski definition) is 1. The number of rotatable bonds is 0. The van der Waals surface area contributed by atoms with Gasteiger partial charge in [0.1, 0.15) is 4.60 Å². The molecule has 0 saturated carbocycles. The first-order valence-electron chi connectivity index (χ1n) is 3.33. The van der Waals surface area contributed by atoms with Crippen LogP contribution in [0.5, 0.6) is 0 Å². The van der Waals surface area contributed by atoms with E-state index >= 15 is 0 Å². The van der Waals surface area contributed by atoms with Crippen molar-refractivity contribution < 1.29 is 0 Å². The van der Waals surface area contributed by atoms with Gasteiger partial charge in [0.2, 0.25) is 0 Å². The highest BCUT2D eigenvalue weighted by Crippen LogP contribution is 2.32. The molecule has 0 spiro atoms. The first-order chi connectivity index (χ1) is 4.93. The van der Waals surface area contributed by atoms with E-state index in [2.05, 4.69) is 62.8 Å². The van der Waals surface area contributed by atoms with Gasteiger partial charge in [-0.3, -0.25) is 5.10 Å². The zero-order valence-corrected chi connectivity index (χ0v) is 9.88. The molecule has 1 aromatic rings. The molecule has 2 nitrogen and oxygen atoms in total. The van der Waals surface area contributed by atoms with E-state index in [0.717, 1.165) is 14.8 Å². The molecular weight excluding hydrogens is 272 g/mol. The fourth-order valence-electron chi connectivity index (χ4n) is 0.803. The summed E-state index contributed by atoms with van der Waals surface area (Å²) in [4.78, 5) is 0. The summed E-state index contributed by atoms with van der Waals surface area (Å²) in [5.41, 5.74) is 1.22. The predicted molar refractivity (Wildman–Crippen MR) is 52.7 cm³/mol. The molecule has 0 saturated heterocycles. The standard InChI is InChI=1S/C7H10Br2N2/c1-7(2,3)5-4(8)6(9)11-10-5/h1-3H3,(H,10,11). The van der Waals surface area contributed by atoms with Crippen molar-refractivity contribution in [1.29, 1.82) is 0 Å². The van der Waals surface area contributed by atoms with Crippen molar-refractivity contribution in [3.63, 3.8) is 0 Å². The zero-order chi connectivity index (χ0) is 8.65. The van der Waals surface area contributed by atoms with E-state index in [9.17, 15) is 0 Å². The summed E-state index contributed by atoms with van der Waals surface area (Å²) in [6.07, 6.45) is 0. The Hall–Kier alpha value is 0.170. The number of hydrogen-bond acceptors (Lipinski definition) is 1. The fourth-order valence-corrected chi connectivity index (χ4v) is 1.86. The zero-order valence-electron chi connectivity index (χ0n) is 6.70. The number of aromatic nitrogens is 2. The number of nitrogens with zero attached hydrogens (tertiary/aromatic N) is 1. The van der Waals surface area contributed by atoms with Gasteiger partial charge in [-0.1, -0.05) is 20.8 Å². The van der Waals surface area contributed by atoms with Crippen molar-refractivity contribution in [1.82, 2.24) is 10.2 Å². The monoisotopic (exact) mass is 280 g/mol. The average molecular weight is 282 g/mol. The van der Waals surface area contributed by atoms with Crippen molar-refractivity contribution in [2.45, 2.75) is 26.2 Å². The van der Waals surface area contributed by atoms with E-state index in [0.29, 0.717) is 0 Å². The molecule has 1 rings (SSSR count). The van der Waals surface area contributed by atoms with Crippen molar-refractivity contribution in [3.05, 3.63) is 14.8 Å². The van der Waals surface area contributed by atoms with Crippen molar-refractivity contribution in [3.8, 4) is 0 Å². The van der Waals surface area contributed by atoms with Crippen LogP contribution in [0.2, 0.25) is 0 Å². The third-order valence-electron chi connectivity index (χ3n) is 1.42. The van der Waals surface area contributed by atoms with Crippen LogP contribution in [0.15, 0.2) is 9.08 Å². The van der Waals surface area contributed by atoms with Crippen molar-refractivity contribution in [2.75, 3.05) is 0 Å². The molecule has 0 aromatic carbocycles. The Morgan fingerprint density at radius 3 is 2.00 bits per heavy atom. The summed E-state index contributed by atoms with van der Waals surface area (Å²) in [6, 6.07) is 0. The first-order valence-corrected chi connectivity index (χ1v) is 4.91. The molecule has 0 aliphatic heterocycles. The Morgan fingerprint density at radius 1 is 1.27 bits per heavy atom. The molecule has 1 aromatic heterocycles. The van der Waals surface area contributed by atoms with Crippen LogP contribution < -0.4 is 0 Å². The van der Waals surface area contributed by atoms with E-state index < -0.39 is 0 Å². The molecule has 0 radical (unpaired) electrons. The summed E-state index contributed by atoms with van der Waals surface area (Å²) >= 11 is 6.76. The third-order valence-corrected chi connectivity index (χ3v) is 3.29. The average Bonchev–Trinajstić information content (AvgIpc) is 2.11.